The number of carbonyl (C=O) groups is 1. The quantitative estimate of drug-likeness (QED) is 0.549. The lowest BCUT2D eigenvalue weighted by molar-refractivity contribution is -0.135. The topological polar surface area (TPSA) is 97.6 Å². The van der Waals surface area contributed by atoms with E-state index in [1.54, 1.807) is 0 Å². The maximum Gasteiger partial charge on any atom is 0.317 e. The zero-order valence-electron chi connectivity index (χ0n) is 7.85. The van der Waals surface area contributed by atoms with Crippen LogP contribution in [-0.4, -0.2) is 56.3 Å². The maximum atomic E-state index is 9.24. The number of carboxylic acid groups (broad SMARTS) is 1. The molecule has 0 aliphatic carbocycles. The van der Waals surface area contributed by atoms with Gasteiger partial charge in [-0.15, -0.1) is 0 Å². The first-order valence-corrected chi connectivity index (χ1v) is 4.45. The molecule has 0 radical (unpaired) electrons. The molecule has 2 atom stereocenters. The summed E-state index contributed by atoms with van der Waals surface area (Å²) in [7, 11) is 0. The molecule has 82 valence electrons. The van der Waals surface area contributed by atoms with Gasteiger partial charge in [0.25, 0.3) is 0 Å². The number of ether oxygens (including phenoxy) is 3. The molecule has 2 unspecified atom stereocenters. The van der Waals surface area contributed by atoms with Gasteiger partial charge in [0.15, 0.2) is 0 Å². The molecule has 2 heterocycles. The van der Waals surface area contributed by atoms with Crippen LogP contribution in [0, 0.1) is 0 Å². The fourth-order valence-corrected chi connectivity index (χ4v) is 0.659. The van der Waals surface area contributed by atoms with Gasteiger partial charge in [-0.3, -0.25) is 4.79 Å². The van der Waals surface area contributed by atoms with Crippen molar-refractivity contribution in [2.45, 2.75) is 12.2 Å². The first kappa shape index (κ1) is 11.4. The number of hydrogen-bond acceptors (Lipinski definition) is 5. The number of hydrogen-bond donors (Lipinski definition) is 2. The number of epoxide rings is 2. The summed E-state index contributed by atoms with van der Waals surface area (Å²) in [5, 5.41) is 7.60. The van der Waals surface area contributed by atoms with Gasteiger partial charge in [-0.2, -0.15) is 0 Å². The summed E-state index contributed by atoms with van der Waals surface area (Å²) < 4.78 is 15.1. The molecule has 2 saturated heterocycles. The molecule has 2 fully saturated rings. The minimum absolute atomic E-state index is 0.278. The normalized spacial score (nSPS) is 27.5. The van der Waals surface area contributed by atoms with Crippen LogP contribution in [0.5, 0.6) is 0 Å². The van der Waals surface area contributed by atoms with Crippen LogP contribution in [0.4, 0.5) is 0 Å². The van der Waals surface area contributed by atoms with Gasteiger partial charge in [0.2, 0.25) is 0 Å². The van der Waals surface area contributed by atoms with Gasteiger partial charge < -0.3 is 25.1 Å². The average molecular weight is 205 g/mol. The van der Waals surface area contributed by atoms with Crippen molar-refractivity contribution >= 4 is 5.97 Å². The SMILES string of the molecule is C(OCC1CO1)C1CO1.NCC(=O)O. The molecule has 0 bridgehead atoms. The molecule has 0 aromatic carbocycles. The molecule has 0 amide bonds. The van der Waals surface area contributed by atoms with Crippen LogP contribution in [0.25, 0.3) is 0 Å². The van der Waals surface area contributed by atoms with Crippen molar-refractivity contribution < 1.29 is 24.1 Å². The summed E-state index contributed by atoms with van der Waals surface area (Å²) in [5.41, 5.74) is 4.57. The molecule has 14 heavy (non-hydrogen) atoms. The second kappa shape index (κ2) is 5.92. The van der Waals surface area contributed by atoms with Crippen molar-refractivity contribution in [3.63, 3.8) is 0 Å². The highest BCUT2D eigenvalue weighted by Crippen LogP contribution is 2.12. The molecule has 2 aliphatic heterocycles. The average Bonchev–Trinajstić information content (AvgIpc) is 2.99. The van der Waals surface area contributed by atoms with Crippen LogP contribution in [0.2, 0.25) is 0 Å². The van der Waals surface area contributed by atoms with Gasteiger partial charge in [-0.25, -0.2) is 0 Å². The van der Waals surface area contributed by atoms with Crippen LogP contribution in [0.3, 0.4) is 0 Å². The fraction of sp³-hybridized carbons (Fsp3) is 0.875. The third kappa shape index (κ3) is 6.79. The zero-order valence-corrected chi connectivity index (χ0v) is 7.85. The van der Waals surface area contributed by atoms with Crippen LogP contribution in [-0.2, 0) is 19.0 Å². The number of carboxylic acids is 1. The van der Waals surface area contributed by atoms with Crippen LogP contribution < -0.4 is 5.73 Å². The highest BCUT2D eigenvalue weighted by molar-refractivity contribution is 5.68. The summed E-state index contributed by atoms with van der Waals surface area (Å²) in [6.45, 7) is 2.98. The number of aliphatic carboxylic acids is 1. The molecule has 0 aromatic rings. The van der Waals surface area contributed by atoms with E-state index in [0.717, 1.165) is 26.4 Å². The number of nitrogens with two attached hydrogens (primary N) is 1. The predicted octanol–water partition coefficient (Wildman–Crippen LogP) is -1.17. The lowest BCUT2D eigenvalue weighted by Gasteiger charge is -1.95. The van der Waals surface area contributed by atoms with E-state index in [1.165, 1.54) is 0 Å². The van der Waals surface area contributed by atoms with Crippen molar-refractivity contribution in [1.82, 2.24) is 0 Å². The van der Waals surface area contributed by atoms with Gasteiger partial charge >= 0.3 is 5.97 Å². The Labute approximate surface area is 81.9 Å². The maximum absolute atomic E-state index is 9.24. The first-order valence-electron chi connectivity index (χ1n) is 4.45. The van der Waals surface area contributed by atoms with E-state index < -0.39 is 5.97 Å². The Hall–Kier alpha value is -0.690. The summed E-state index contributed by atoms with van der Waals surface area (Å²) in [4.78, 5) is 9.24. The minimum atomic E-state index is -0.968. The van der Waals surface area contributed by atoms with Crippen molar-refractivity contribution in [2.24, 2.45) is 5.73 Å². The Bertz CT molecular complexity index is 167. The molecule has 2 rings (SSSR count). The second-order valence-corrected chi connectivity index (χ2v) is 3.05. The Morgan fingerprint density at radius 3 is 1.93 bits per heavy atom. The van der Waals surface area contributed by atoms with Gasteiger partial charge in [-0.05, 0) is 0 Å². The van der Waals surface area contributed by atoms with Crippen LogP contribution in [0.15, 0.2) is 0 Å². The van der Waals surface area contributed by atoms with Crippen molar-refractivity contribution in [3.05, 3.63) is 0 Å². The van der Waals surface area contributed by atoms with E-state index in [2.05, 4.69) is 5.73 Å². The van der Waals surface area contributed by atoms with E-state index in [9.17, 15) is 4.79 Å². The van der Waals surface area contributed by atoms with Gasteiger partial charge in [0, 0.05) is 0 Å². The molecule has 6 heteroatoms. The zero-order chi connectivity index (χ0) is 10.4. The Morgan fingerprint density at radius 1 is 1.36 bits per heavy atom. The highest BCUT2D eigenvalue weighted by atomic mass is 16.6. The molecular weight excluding hydrogens is 190 g/mol. The minimum Gasteiger partial charge on any atom is -0.480 e. The summed E-state index contributed by atoms with van der Waals surface area (Å²) in [6, 6.07) is 0. The molecule has 0 spiro atoms. The van der Waals surface area contributed by atoms with Crippen molar-refractivity contribution in [2.75, 3.05) is 33.0 Å². The van der Waals surface area contributed by atoms with Crippen LogP contribution >= 0.6 is 0 Å². The fourth-order valence-electron chi connectivity index (χ4n) is 0.659. The summed E-state index contributed by atoms with van der Waals surface area (Å²) in [5.74, 6) is -0.968. The van der Waals surface area contributed by atoms with E-state index in [0.29, 0.717) is 12.2 Å². The number of rotatable bonds is 5. The highest BCUT2D eigenvalue weighted by Gasteiger charge is 2.26. The lowest BCUT2D eigenvalue weighted by atomic mass is 10.5. The largest absolute Gasteiger partial charge is 0.480 e. The monoisotopic (exact) mass is 205 g/mol. The summed E-state index contributed by atoms with van der Waals surface area (Å²) in [6.07, 6.45) is 0.785. The van der Waals surface area contributed by atoms with E-state index in [4.69, 9.17) is 19.3 Å². The van der Waals surface area contributed by atoms with Gasteiger partial charge in [-0.1, -0.05) is 0 Å². The third-order valence-corrected chi connectivity index (χ3v) is 1.59. The lowest BCUT2D eigenvalue weighted by Crippen LogP contribution is -2.10. The molecular formula is C8H15NO5. The first-order chi connectivity index (χ1) is 6.72. The Kier molecular flexibility index (Phi) is 4.81. The standard InChI is InChI=1S/C6H10O3.C2H5NO2/c1(5-3-8-5)7-2-6-4-9-6;3-1-2(4)5/h5-6H,1-4H2;1,3H2,(H,4,5). The molecule has 6 nitrogen and oxygen atoms in total. The molecule has 0 saturated carbocycles. The third-order valence-electron chi connectivity index (χ3n) is 1.59. The van der Waals surface area contributed by atoms with E-state index in [-0.39, 0.29) is 6.54 Å². The molecule has 3 N–H and O–H groups in total. The molecule has 2 aliphatic rings. The van der Waals surface area contributed by atoms with E-state index in [1.807, 2.05) is 0 Å². The Morgan fingerprint density at radius 2 is 1.71 bits per heavy atom. The van der Waals surface area contributed by atoms with Crippen molar-refractivity contribution in [1.29, 1.82) is 0 Å². The van der Waals surface area contributed by atoms with E-state index >= 15 is 0 Å². The van der Waals surface area contributed by atoms with Gasteiger partial charge in [0.1, 0.15) is 12.2 Å². The van der Waals surface area contributed by atoms with Crippen molar-refractivity contribution in [3.8, 4) is 0 Å². The van der Waals surface area contributed by atoms with Gasteiger partial charge in [0.05, 0.1) is 33.0 Å². The smallest absolute Gasteiger partial charge is 0.317 e. The predicted molar refractivity (Wildman–Crippen MR) is 47.0 cm³/mol. The summed E-state index contributed by atoms with van der Waals surface area (Å²) >= 11 is 0. The Balaban J connectivity index is 0.000000171. The second-order valence-electron chi connectivity index (χ2n) is 3.05. The van der Waals surface area contributed by atoms with Crippen LogP contribution in [0.1, 0.15) is 0 Å². The molecule has 0 aromatic heterocycles.